The Hall–Kier alpha value is -0.963. The smallest absolute Gasteiger partial charge is 0.390 e. The van der Waals surface area contributed by atoms with Gasteiger partial charge >= 0.3 is 8.80 Å². The highest BCUT2D eigenvalue weighted by atomic mass is 28.4. The zero-order valence-electron chi connectivity index (χ0n) is 10.2. The maximum absolute atomic E-state index is 13.3. The molecule has 1 aromatic rings. The number of halogens is 4. The van der Waals surface area contributed by atoms with Gasteiger partial charge < -0.3 is 14.0 Å². The van der Waals surface area contributed by atoms with Crippen molar-refractivity contribution in [1.29, 1.82) is 0 Å². The molecule has 0 aliphatic carbocycles. The van der Waals surface area contributed by atoms with E-state index in [4.69, 9.17) is 0 Å². The molecule has 2 N–H and O–H groups in total. The average molecular weight is 298 g/mol. The molecule has 1 aromatic carbocycles. The normalized spacial score (nSPS) is 11.9. The first-order valence-electron chi connectivity index (χ1n) is 5.60. The van der Waals surface area contributed by atoms with Crippen LogP contribution in [0.5, 0.6) is 0 Å². The molecule has 108 valence electrons. The number of rotatable bonds is 6. The first-order valence-corrected chi connectivity index (χ1v) is 7.61. The third-order valence-electron chi connectivity index (χ3n) is 2.70. The van der Waals surface area contributed by atoms with Gasteiger partial charge in [0.1, 0.15) is 0 Å². The predicted octanol–water partition coefficient (Wildman–Crippen LogP) is 2.14. The van der Waals surface area contributed by atoms with Crippen LogP contribution >= 0.6 is 0 Å². The number of hydrogen-bond donors (Lipinski definition) is 2. The van der Waals surface area contributed by atoms with Crippen molar-refractivity contribution in [1.82, 2.24) is 0 Å². The molecule has 0 bridgehead atoms. The Balaban J connectivity index is 2.60. The summed E-state index contributed by atoms with van der Waals surface area (Å²) >= 11 is 0. The first-order chi connectivity index (χ1) is 8.78. The Morgan fingerprint density at radius 1 is 1.05 bits per heavy atom. The summed E-state index contributed by atoms with van der Waals surface area (Å²) in [6.45, 7) is 0. The van der Waals surface area contributed by atoms with E-state index in [0.717, 1.165) is 7.11 Å². The van der Waals surface area contributed by atoms with Crippen LogP contribution in [-0.4, -0.2) is 25.5 Å². The Labute approximate surface area is 108 Å². The summed E-state index contributed by atoms with van der Waals surface area (Å²) in [5.74, 6) is -6.53. The van der Waals surface area contributed by atoms with Crippen molar-refractivity contribution in [3.05, 3.63) is 34.9 Å². The van der Waals surface area contributed by atoms with Gasteiger partial charge in [-0.2, -0.15) is 0 Å². The van der Waals surface area contributed by atoms with E-state index in [1.807, 2.05) is 0 Å². The number of benzene rings is 1. The Kier molecular flexibility index (Phi) is 5.47. The van der Waals surface area contributed by atoms with Crippen molar-refractivity contribution in [3.63, 3.8) is 0 Å². The average Bonchev–Trinajstić information content (AvgIpc) is 2.37. The molecule has 0 aliphatic rings. The van der Waals surface area contributed by atoms with Crippen LogP contribution in [0.1, 0.15) is 18.4 Å². The van der Waals surface area contributed by atoms with E-state index in [1.165, 1.54) is 0 Å². The van der Waals surface area contributed by atoms with E-state index < -0.39 is 32.1 Å². The molecule has 0 fully saturated rings. The summed E-state index contributed by atoms with van der Waals surface area (Å²) in [4.78, 5) is 18.5. The Morgan fingerprint density at radius 2 is 1.68 bits per heavy atom. The van der Waals surface area contributed by atoms with Crippen LogP contribution in [0.25, 0.3) is 0 Å². The Bertz CT molecular complexity index is 454. The second-order valence-corrected chi connectivity index (χ2v) is 6.51. The highest BCUT2D eigenvalue weighted by molar-refractivity contribution is 6.57. The Morgan fingerprint density at radius 3 is 2.26 bits per heavy atom. The van der Waals surface area contributed by atoms with E-state index in [1.54, 1.807) is 0 Å². The van der Waals surface area contributed by atoms with Gasteiger partial charge in [0, 0.05) is 13.2 Å². The van der Waals surface area contributed by atoms with E-state index in [2.05, 4.69) is 4.43 Å². The van der Waals surface area contributed by atoms with Gasteiger partial charge in [-0.1, -0.05) is 0 Å². The molecule has 0 aromatic heterocycles. The van der Waals surface area contributed by atoms with Gasteiger partial charge in [-0.05, 0) is 30.9 Å². The monoisotopic (exact) mass is 298 g/mol. The molecule has 3 nitrogen and oxygen atoms in total. The molecular formula is C11H14F4O3Si. The van der Waals surface area contributed by atoms with Gasteiger partial charge in [0.25, 0.3) is 0 Å². The van der Waals surface area contributed by atoms with Crippen LogP contribution < -0.4 is 0 Å². The van der Waals surface area contributed by atoms with Crippen LogP contribution in [-0.2, 0) is 10.8 Å². The van der Waals surface area contributed by atoms with Crippen molar-refractivity contribution in [3.8, 4) is 0 Å². The maximum atomic E-state index is 13.3. The molecule has 19 heavy (non-hydrogen) atoms. The van der Waals surface area contributed by atoms with E-state index in [9.17, 15) is 27.2 Å². The number of aryl methyl sites for hydroxylation is 1. The molecule has 1 rings (SSSR count). The van der Waals surface area contributed by atoms with Gasteiger partial charge in [-0.25, -0.2) is 17.6 Å². The van der Waals surface area contributed by atoms with Crippen LogP contribution in [0.3, 0.4) is 0 Å². The number of hydrogen-bond acceptors (Lipinski definition) is 3. The minimum absolute atomic E-state index is 0.00270. The minimum Gasteiger partial charge on any atom is -0.390 e. The second kappa shape index (κ2) is 6.46. The highest BCUT2D eigenvalue weighted by Crippen LogP contribution is 2.21. The molecule has 0 aliphatic heterocycles. The summed E-state index contributed by atoms with van der Waals surface area (Å²) in [5.41, 5.74) is -0.281. The molecule has 0 atom stereocenters. The second-order valence-electron chi connectivity index (χ2n) is 4.11. The van der Waals surface area contributed by atoms with Crippen LogP contribution in [0.4, 0.5) is 17.6 Å². The van der Waals surface area contributed by atoms with Crippen molar-refractivity contribution < 1.29 is 31.6 Å². The van der Waals surface area contributed by atoms with Gasteiger partial charge in [0.15, 0.2) is 23.3 Å². The molecule has 0 saturated carbocycles. The van der Waals surface area contributed by atoms with E-state index in [-0.39, 0.29) is 30.9 Å². The first kappa shape index (κ1) is 16.1. The summed E-state index contributed by atoms with van der Waals surface area (Å²) in [6.07, 6.45) is 0.516. The van der Waals surface area contributed by atoms with Crippen molar-refractivity contribution in [2.75, 3.05) is 7.11 Å². The zero-order valence-corrected chi connectivity index (χ0v) is 11.2. The maximum Gasteiger partial charge on any atom is 0.495 e. The van der Waals surface area contributed by atoms with Crippen LogP contribution in [0.2, 0.25) is 6.04 Å². The highest BCUT2D eigenvalue weighted by Gasteiger charge is 2.29. The molecule has 0 saturated heterocycles. The quantitative estimate of drug-likeness (QED) is 0.278. The fourth-order valence-corrected chi connectivity index (χ4v) is 2.49. The van der Waals surface area contributed by atoms with Crippen molar-refractivity contribution in [2.45, 2.75) is 25.3 Å². The lowest BCUT2D eigenvalue weighted by Crippen LogP contribution is -2.37. The van der Waals surface area contributed by atoms with Crippen molar-refractivity contribution in [2.24, 2.45) is 0 Å². The lowest BCUT2D eigenvalue weighted by atomic mass is 10.1. The summed E-state index contributed by atoms with van der Waals surface area (Å²) in [6, 6.07) is 0.601. The van der Waals surface area contributed by atoms with E-state index >= 15 is 0 Å². The minimum atomic E-state index is -3.66. The summed E-state index contributed by atoms with van der Waals surface area (Å²) < 4.78 is 56.3. The predicted molar refractivity (Wildman–Crippen MR) is 61.2 cm³/mol. The third-order valence-corrected chi connectivity index (χ3v) is 4.36. The topological polar surface area (TPSA) is 49.7 Å². The fourth-order valence-electron chi connectivity index (χ4n) is 1.58. The molecule has 8 heteroatoms. The fraction of sp³-hybridized carbons (Fsp3) is 0.455. The number of unbranched alkanes of at least 4 members (excludes halogenated alkanes) is 1. The SMILES string of the molecule is CO[Si](O)(O)CCCCc1cc(F)c(F)c(F)c1F. The molecule has 0 radical (unpaired) electrons. The lowest BCUT2D eigenvalue weighted by molar-refractivity contribution is 0.183. The molecule has 0 unspecified atom stereocenters. The standard InChI is InChI=1S/C11H14F4O3Si/c1-18-19(16,17)5-3-2-4-7-6-8(12)10(14)11(15)9(7)13/h6,16-17H,2-5H2,1H3. The summed E-state index contributed by atoms with van der Waals surface area (Å²) in [7, 11) is -2.50. The summed E-state index contributed by atoms with van der Waals surface area (Å²) in [5, 5.41) is 0. The zero-order chi connectivity index (χ0) is 14.6. The van der Waals surface area contributed by atoms with Gasteiger partial charge in [0.2, 0.25) is 0 Å². The van der Waals surface area contributed by atoms with Crippen LogP contribution in [0, 0.1) is 23.3 Å². The van der Waals surface area contributed by atoms with Crippen molar-refractivity contribution >= 4 is 8.80 Å². The van der Waals surface area contributed by atoms with Gasteiger partial charge in [0.05, 0.1) is 0 Å². The largest absolute Gasteiger partial charge is 0.495 e. The molecular weight excluding hydrogens is 284 g/mol. The lowest BCUT2D eigenvalue weighted by Gasteiger charge is -2.14. The van der Waals surface area contributed by atoms with E-state index in [0.29, 0.717) is 6.07 Å². The van der Waals surface area contributed by atoms with Crippen LogP contribution in [0.15, 0.2) is 6.07 Å². The van der Waals surface area contributed by atoms with Gasteiger partial charge in [-0.15, -0.1) is 0 Å². The molecule has 0 heterocycles. The third kappa shape index (κ3) is 4.27. The van der Waals surface area contributed by atoms with Gasteiger partial charge in [-0.3, -0.25) is 0 Å². The molecule has 0 spiro atoms. The molecule has 0 amide bonds.